The number of carbonyl (C=O) groups excluding carboxylic acids is 2. The molecule has 1 aromatic carbocycles. The Morgan fingerprint density at radius 2 is 1.74 bits per heavy atom. The van der Waals surface area contributed by atoms with Crippen molar-refractivity contribution in [3.05, 3.63) is 83.9 Å². The van der Waals surface area contributed by atoms with Gasteiger partial charge in [0.05, 0.1) is 5.56 Å². The second kappa shape index (κ2) is 9.57. The van der Waals surface area contributed by atoms with E-state index in [0.717, 1.165) is 23.8 Å². The van der Waals surface area contributed by atoms with Crippen LogP contribution in [-0.4, -0.2) is 21.9 Å². The van der Waals surface area contributed by atoms with E-state index in [1.807, 2.05) is 0 Å². The third-order valence-electron chi connectivity index (χ3n) is 3.87. The summed E-state index contributed by atoms with van der Waals surface area (Å²) in [4.78, 5) is 32.1. The van der Waals surface area contributed by atoms with Crippen LogP contribution in [0.2, 0.25) is 0 Å². The maximum atomic E-state index is 12.7. The summed E-state index contributed by atoms with van der Waals surface area (Å²) in [5.41, 5.74) is 3.90. The Kier molecular flexibility index (Phi) is 6.65. The fourth-order valence-corrected chi connectivity index (χ4v) is 2.43. The number of rotatable bonds is 5. The summed E-state index contributed by atoms with van der Waals surface area (Å²) in [5.74, 6) is -0.596. The Hall–Kier alpha value is -4.15. The second-order valence-electron chi connectivity index (χ2n) is 6.11. The molecule has 0 saturated heterocycles. The van der Waals surface area contributed by atoms with Crippen molar-refractivity contribution in [3.63, 3.8) is 0 Å². The maximum Gasteiger partial charge on any atom is 0.416 e. The number of benzene rings is 1. The van der Waals surface area contributed by atoms with Crippen LogP contribution in [0.15, 0.2) is 67.1 Å². The molecule has 0 radical (unpaired) electrons. The molecular weight excluding hydrogens is 415 g/mol. The molecule has 0 unspecified atom stereocenters. The lowest BCUT2D eigenvalue weighted by Gasteiger charge is -2.13. The number of urea groups is 1. The van der Waals surface area contributed by atoms with Gasteiger partial charge >= 0.3 is 12.2 Å². The molecule has 3 rings (SSSR count). The Labute approximate surface area is 174 Å². The first-order valence-electron chi connectivity index (χ1n) is 8.84. The number of hydrogen-bond acceptors (Lipinski definition) is 5. The molecular formula is C20H16F3N5O3. The van der Waals surface area contributed by atoms with Crippen LogP contribution < -0.4 is 20.9 Å². The van der Waals surface area contributed by atoms with Crippen LogP contribution in [0.25, 0.3) is 0 Å². The average molecular weight is 431 g/mol. The normalized spacial score (nSPS) is 10.8. The van der Waals surface area contributed by atoms with Crippen LogP contribution in [0.5, 0.6) is 5.75 Å². The molecule has 160 valence electrons. The van der Waals surface area contributed by atoms with E-state index in [1.54, 1.807) is 30.6 Å². The molecule has 3 N–H and O–H groups in total. The molecule has 0 saturated carbocycles. The Balaban J connectivity index is 1.58. The number of nitrogens with zero attached hydrogens (tertiary/aromatic N) is 2. The van der Waals surface area contributed by atoms with Crippen LogP contribution >= 0.6 is 0 Å². The first-order chi connectivity index (χ1) is 14.8. The number of alkyl halides is 3. The van der Waals surface area contributed by atoms with E-state index in [-0.39, 0.29) is 23.7 Å². The highest BCUT2D eigenvalue weighted by molar-refractivity contribution is 5.97. The summed E-state index contributed by atoms with van der Waals surface area (Å²) < 4.78 is 43.9. The molecule has 2 heterocycles. The average Bonchev–Trinajstić information content (AvgIpc) is 2.76. The van der Waals surface area contributed by atoms with E-state index in [1.165, 1.54) is 18.3 Å². The molecule has 0 atom stereocenters. The third-order valence-corrected chi connectivity index (χ3v) is 3.87. The molecule has 0 aliphatic carbocycles. The maximum absolute atomic E-state index is 12.7. The fraction of sp³-hybridized carbons (Fsp3) is 0.100. The van der Waals surface area contributed by atoms with E-state index in [4.69, 9.17) is 4.74 Å². The molecule has 3 amide bonds. The number of ether oxygens (including phenoxy) is 1. The highest BCUT2D eigenvalue weighted by Gasteiger charge is 2.30. The highest BCUT2D eigenvalue weighted by atomic mass is 19.4. The molecule has 8 nitrogen and oxygen atoms in total. The van der Waals surface area contributed by atoms with Crippen LogP contribution in [-0.2, 0) is 12.8 Å². The second-order valence-corrected chi connectivity index (χ2v) is 6.11. The van der Waals surface area contributed by atoms with E-state index in [2.05, 4.69) is 26.1 Å². The topological polar surface area (TPSA) is 105 Å². The van der Waals surface area contributed by atoms with Crippen LogP contribution in [0.1, 0.15) is 21.6 Å². The zero-order valence-corrected chi connectivity index (χ0v) is 15.8. The van der Waals surface area contributed by atoms with Gasteiger partial charge in [-0.3, -0.25) is 15.2 Å². The van der Waals surface area contributed by atoms with Gasteiger partial charge in [-0.2, -0.15) is 13.2 Å². The zero-order valence-electron chi connectivity index (χ0n) is 15.8. The molecule has 0 spiro atoms. The molecule has 0 bridgehead atoms. The highest BCUT2D eigenvalue weighted by Crippen LogP contribution is 2.30. The van der Waals surface area contributed by atoms with E-state index in [0.29, 0.717) is 0 Å². The number of pyridine rings is 2. The quantitative estimate of drug-likeness (QED) is 0.536. The van der Waals surface area contributed by atoms with Gasteiger partial charge < -0.3 is 10.1 Å². The summed E-state index contributed by atoms with van der Waals surface area (Å²) in [6.07, 6.45) is 0.0237. The van der Waals surface area contributed by atoms with Crippen molar-refractivity contribution in [2.75, 3.05) is 5.32 Å². The number of halogens is 3. The number of amides is 3. The van der Waals surface area contributed by atoms with Crippen molar-refractivity contribution < 1.29 is 27.5 Å². The number of nitrogens with one attached hydrogen (secondary N) is 3. The Bertz CT molecular complexity index is 1060. The van der Waals surface area contributed by atoms with Crippen LogP contribution in [0.4, 0.5) is 23.7 Å². The first-order valence-corrected chi connectivity index (χ1v) is 8.84. The SMILES string of the molecule is O=C(NNC(=O)c1ncccc1OCc1ccncc1)Nc1cccc(C(F)(F)F)c1. The molecule has 31 heavy (non-hydrogen) atoms. The van der Waals surface area contributed by atoms with Crippen molar-refractivity contribution in [1.82, 2.24) is 20.8 Å². The fourth-order valence-electron chi connectivity index (χ4n) is 2.43. The van der Waals surface area contributed by atoms with Gasteiger partial charge in [0.1, 0.15) is 6.61 Å². The van der Waals surface area contributed by atoms with Gasteiger partial charge in [-0.1, -0.05) is 6.07 Å². The van der Waals surface area contributed by atoms with Crippen LogP contribution in [0.3, 0.4) is 0 Å². The number of aromatic nitrogens is 2. The van der Waals surface area contributed by atoms with Crippen molar-refractivity contribution in [2.24, 2.45) is 0 Å². The monoisotopic (exact) mass is 431 g/mol. The van der Waals surface area contributed by atoms with Gasteiger partial charge in [-0.25, -0.2) is 15.2 Å². The van der Waals surface area contributed by atoms with E-state index >= 15 is 0 Å². The summed E-state index contributed by atoms with van der Waals surface area (Å²) in [6.45, 7) is 0.165. The Morgan fingerprint density at radius 3 is 2.48 bits per heavy atom. The number of anilines is 1. The van der Waals surface area contributed by atoms with Gasteiger partial charge in [0.25, 0.3) is 5.91 Å². The van der Waals surface area contributed by atoms with Crippen molar-refractivity contribution in [2.45, 2.75) is 12.8 Å². The van der Waals surface area contributed by atoms with E-state index in [9.17, 15) is 22.8 Å². The van der Waals surface area contributed by atoms with Gasteiger partial charge in [-0.15, -0.1) is 0 Å². The van der Waals surface area contributed by atoms with Gasteiger partial charge in [-0.05, 0) is 48.0 Å². The Morgan fingerprint density at radius 1 is 0.968 bits per heavy atom. The minimum Gasteiger partial charge on any atom is -0.486 e. The summed E-state index contributed by atoms with van der Waals surface area (Å²) in [6, 6.07) is 9.73. The number of hydrogen-bond donors (Lipinski definition) is 3. The molecule has 0 fully saturated rings. The summed E-state index contributed by atoms with van der Waals surface area (Å²) >= 11 is 0. The summed E-state index contributed by atoms with van der Waals surface area (Å²) in [5, 5.41) is 2.20. The lowest BCUT2D eigenvalue weighted by molar-refractivity contribution is -0.137. The molecule has 3 aromatic rings. The van der Waals surface area contributed by atoms with Crippen molar-refractivity contribution >= 4 is 17.6 Å². The smallest absolute Gasteiger partial charge is 0.416 e. The molecule has 0 aliphatic rings. The van der Waals surface area contributed by atoms with Crippen molar-refractivity contribution in [3.8, 4) is 5.75 Å². The largest absolute Gasteiger partial charge is 0.486 e. The molecule has 0 aliphatic heterocycles. The minimum absolute atomic E-state index is 0.0871. The number of hydrazine groups is 1. The zero-order chi connectivity index (χ0) is 22.3. The van der Waals surface area contributed by atoms with Gasteiger partial charge in [0.15, 0.2) is 11.4 Å². The van der Waals surface area contributed by atoms with E-state index < -0.39 is 23.7 Å². The van der Waals surface area contributed by atoms with Gasteiger partial charge in [0.2, 0.25) is 0 Å². The summed E-state index contributed by atoms with van der Waals surface area (Å²) in [7, 11) is 0. The third kappa shape index (κ3) is 6.16. The standard InChI is InChI=1S/C20H16F3N5O3/c21-20(22,23)14-3-1-4-15(11-14)26-19(30)28-27-18(29)17-16(5-2-8-25-17)31-12-13-6-9-24-10-7-13/h1-11H,12H2,(H,27,29)(H2,26,28,30). The molecule has 11 heteroatoms. The minimum atomic E-state index is -4.55. The predicted molar refractivity (Wildman–Crippen MR) is 104 cm³/mol. The predicted octanol–water partition coefficient (Wildman–Crippen LogP) is 3.54. The van der Waals surface area contributed by atoms with Crippen LogP contribution in [0, 0.1) is 0 Å². The molecule has 2 aromatic heterocycles. The lowest BCUT2D eigenvalue weighted by Crippen LogP contribution is -2.44. The van der Waals surface area contributed by atoms with Crippen molar-refractivity contribution in [1.29, 1.82) is 0 Å². The lowest BCUT2D eigenvalue weighted by atomic mass is 10.2. The van der Waals surface area contributed by atoms with Gasteiger partial charge in [0, 0.05) is 24.3 Å². The number of carbonyl (C=O) groups is 2. The first kappa shape index (κ1) is 21.6.